The second kappa shape index (κ2) is 59.9. The summed E-state index contributed by atoms with van der Waals surface area (Å²) in [5.74, 6) is -0.935. The van der Waals surface area contributed by atoms with Crippen molar-refractivity contribution in [2.24, 2.45) is 0 Å². The Labute approximate surface area is 445 Å². The minimum absolute atomic E-state index is 0.0946. The largest absolute Gasteiger partial charge is 0.462 e. The summed E-state index contributed by atoms with van der Waals surface area (Å²) in [6, 6.07) is 0. The van der Waals surface area contributed by atoms with E-state index in [9.17, 15) is 14.4 Å². The summed E-state index contributed by atoms with van der Waals surface area (Å²) in [5, 5.41) is 0. The van der Waals surface area contributed by atoms with Crippen molar-refractivity contribution in [1.29, 1.82) is 0 Å². The molecular weight excluding hydrogens is 889 g/mol. The number of hydrogen-bond donors (Lipinski definition) is 0. The molecule has 6 heteroatoms. The molecule has 1 atom stereocenters. The second-order valence-corrected chi connectivity index (χ2v) is 19.9. The van der Waals surface area contributed by atoms with Crippen LogP contribution in [0.3, 0.4) is 0 Å². The number of esters is 3. The number of hydrogen-bond acceptors (Lipinski definition) is 6. The van der Waals surface area contributed by atoms with Gasteiger partial charge >= 0.3 is 17.9 Å². The standard InChI is InChI=1S/C66H112O6/c1-4-7-10-13-16-19-22-25-27-29-31-32-33-34-35-37-38-41-44-47-50-53-56-59-65(68)71-62-63(61-70-64(67)58-55-52-49-46-43-40-24-21-18-15-12-9-6-3)72-66(69)60-57-54-51-48-45-42-39-36-30-28-26-23-20-17-14-11-8-5-2/h9,12,18,20-23,25,28-31,33-34,40,43,63H,4-8,10-11,13-17,19,24,26-27,32,35-39,41-42,44-62H2,1-3H3/b12-9-,21-18-,23-20-,25-22-,30-28-,31-29-,34-33-,43-40-. The molecule has 0 N–H and O–H groups in total. The van der Waals surface area contributed by atoms with E-state index >= 15 is 0 Å². The van der Waals surface area contributed by atoms with Crippen LogP contribution in [0.4, 0.5) is 0 Å². The molecule has 0 fully saturated rings. The number of allylic oxidation sites excluding steroid dienone is 16. The summed E-state index contributed by atoms with van der Waals surface area (Å²) in [7, 11) is 0. The summed E-state index contributed by atoms with van der Waals surface area (Å²) in [6.07, 6.45) is 79.7. The van der Waals surface area contributed by atoms with E-state index in [0.29, 0.717) is 19.3 Å². The summed E-state index contributed by atoms with van der Waals surface area (Å²) >= 11 is 0. The van der Waals surface area contributed by atoms with Crippen molar-refractivity contribution < 1.29 is 28.6 Å². The van der Waals surface area contributed by atoms with Crippen molar-refractivity contribution in [2.75, 3.05) is 13.2 Å². The van der Waals surface area contributed by atoms with Gasteiger partial charge in [-0.2, -0.15) is 0 Å². The van der Waals surface area contributed by atoms with Gasteiger partial charge in [-0.1, -0.05) is 240 Å². The topological polar surface area (TPSA) is 78.9 Å². The van der Waals surface area contributed by atoms with Crippen LogP contribution in [0.2, 0.25) is 0 Å². The Hall–Kier alpha value is -3.67. The van der Waals surface area contributed by atoms with Gasteiger partial charge in [-0.15, -0.1) is 0 Å². The molecule has 0 aliphatic carbocycles. The molecule has 0 saturated carbocycles. The Morgan fingerprint density at radius 3 is 0.875 bits per heavy atom. The number of ether oxygens (including phenoxy) is 3. The average Bonchev–Trinajstić information content (AvgIpc) is 3.38. The smallest absolute Gasteiger partial charge is 0.306 e. The van der Waals surface area contributed by atoms with Crippen LogP contribution >= 0.6 is 0 Å². The number of rotatable bonds is 54. The highest BCUT2D eigenvalue weighted by atomic mass is 16.6. The molecule has 0 rings (SSSR count). The summed E-state index contributed by atoms with van der Waals surface area (Å²) in [5.41, 5.74) is 0. The summed E-state index contributed by atoms with van der Waals surface area (Å²) < 4.78 is 16.9. The first kappa shape index (κ1) is 68.3. The van der Waals surface area contributed by atoms with Crippen molar-refractivity contribution in [3.8, 4) is 0 Å². The number of carbonyl (C=O) groups is 3. The Balaban J connectivity index is 4.39. The highest BCUT2D eigenvalue weighted by molar-refractivity contribution is 5.71. The molecule has 0 bridgehead atoms. The SMILES string of the molecule is CC/C=C\C/C=C\C/C=C\CCCCCC(=O)OCC(COC(=O)CCCCCCCCCC/C=C\C/C=C\C/C=C\CCCCCCC)OC(=O)CCCCCCCCC/C=C\C/C=C\CCCCCC. The Bertz CT molecular complexity index is 1430. The minimum Gasteiger partial charge on any atom is -0.462 e. The van der Waals surface area contributed by atoms with Crippen LogP contribution < -0.4 is 0 Å². The van der Waals surface area contributed by atoms with Gasteiger partial charge in [0.05, 0.1) is 0 Å². The van der Waals surface area contributed by atoms with Gasteiger partial charge in [0.1, 0.15) is 13.2 Å². The first-order valence-corrected chi connectivity index (χ1v) is 30.2. The third-order valence-electron chi connectivity index (χ3n) is 12.8. The van der Waals surface area contributed by atoms with Gasteiger partial charge in [0.2, 0.25) is 0 Å². The molecular formula is C66H112O6. The van der Waals surface area contributed by atoms with Crippen molar-refractivity contribution in [3.63, 3.8) is 0 Å². The fourth-order valence-electron chi connectivity index (χ4n) is 8.26. The molecule has 0 aromatic carbocycles. The van der Waals surface area contributed by atoms with Gasteiger partial charge in [0.15, 0.2) is 6.10 Å². The predicted molar refractivity (Wildman–Crippen MR) is 311 cm³/mol. The van der Waals surface area contributed by atoms with Gasteiger partial charge in [-0.25, -0.2) is 0 Å². The molecule has 6 nitrogen and oxygen atoms in total. The maximum Gasteiger partial charge on any atom is 0.306 e. The molecule has 0 aromatic rings. The molecule has 0 amide bonds. The summed E-state index contributed by atoms with van der Waals surface area (Å²) in [4.78, 5) is 38.2. The lowest BCUT2D eigenvalue weighted by Gasteiger charge is -2.18. The Morgan fingerprint density at radius 1 is 0.292 bits per heavy atom. The molecule has 0 heterocycles. The molecule has 0 radical (unpaired) electrons. The Kier molecular flexibility index (Phi) is 56.8. The van der Waals surface area contributed by atoms with Crippen LogP contribution in [0, 0.1) is 0 Å². The molecule has 0 saturated heterocycles. The molecule has 0 aromatic heterocycles. The highest BCUT2D eigenvalue weighted by Crippen LogP contribution is 2.15. The van der Waals surface area contributed by atoms with Crippen LogP contribution in [0.1, 0.15) is 284 Å². The van der Waals surface area contributed by atoms with Gasteiger partial charge in [-0.3, -0.25) is 14.4 Å². The highest BCUT2D eigenvalue weighted by Gasteiger charge is 2.19. The summed E-state index contributed by atoms with van der Waals surface area (Å²) in [6.45, 7) is 6.47. The van der Waals surface area contributed by atoms with Crippen LogP contribution in [-0.4, -0.2) is 37.2 Å². The van der Waals surface area contributed by atoms with Crippen molar-refractivity contribution in [3.05, 3.63) is 97.2 Å². The fraction of sp³-hybridized carbons (Fsp3) is 0.712. The lowest BCUT2D eigenvalue weighted by atomic mass is 10.1. The zero-order chi connectivity index (χ0) is 52.2. The molecule has 0 aliphatic rings. The van der Waals surface area contributed by atoms with E-state index < -0.39 is 6.10 Å². The normalized spacial score (nSPS) is 12.8. The van der Waals surface area contributed by atoms with Gasteiger partial charge in [-0.05, 0) is 122 Å². The first-order valence-electron chi connectivity index (χ1n) is 30.2. The molecule has 0 spiro atoms. The fourth-order valence-corrected chi connectivity index (χ4v) is 8.26. The van der Waals surface area contributed by atoms with Crippen LogP contribution in [0.15, 0.2) is 97.2 Å². The molecule has 1 unspecified atom stereocenters. The lowest BCUT2D eigenvalue weighted by molar-refractivity contribution is -0.167. The van der Waals surface area contributed by atoms with E-state index in [-0.39, 0.29) is 31.1 Å². The lowest BCUT2D eigenvalue weighted by Crippen LogP contribution is -2.30. The van der Waals surface area contributed by atoms with E-state index in [0.717, 1.165) is 116 Å². The quantitative estimate of drug-likeness (QED) is 0.0261. The first-order chi connectivity index (χ1) is 35.5. The number of carbonyl (C=O) groups excluding carboxylic acids is 3. The molecule has 412 valence electrons. The third kappa shape index (κ3) is 57.2. The molecule has 72 heavy (non-hydrogen) atoms. The van der Waals surface area contributed by atoms with E-state index in [4.69, 9.17) is 14.2 Å². The van der Waals surface area contributed by atoms with Crippen molar-refractivity contribution >= 4 is 17.9 Å². The van der Waals surface area contributed by atoms with Gasteiger partial charge in [0, 0.05) is 19.3 Å². The third-order valence-corrected chi connectivity index (χ3v) is 12.8. The van der Waals surface area contributed by atoms with E-state index in [1.807, 2.05) is 0 Å². The van der Waals surface area contributed by atoms with Crippen LogP contribution in [-0.2, 0) is 28.6 Å². The monoisotopic (exact) mass is 1000 g/mol. The maximum atomic E-state index is 12.9. The Morgan fingerprint density at radius 2 is 0.542 bits per heavy atom. The zero-order valence-electron chi connectivity index (χ0n) is 47.2. The number of unbranched alkanes of at least 4 members (excludes halogenated alkanes) is 27. The van der Waals surface area contributed by atoms with Crippen LogP contribution in [0.25, 0.3) is 0 Å². The van der Waals surface area contributed by atoms with Gasteiger partial charge < -0.3 is 14.2 Å². The maximum absolute atomic E-state index is 12.9. The van der Waals surface area contributed by atoms with E-state index in [1.54, 1.807) is 0 Å². The minimum atomic E-state index is -0.799. The second-order valence-electron chi connectivity index (χ2n) is 19.9. The van der Waals surface area contributed by atoms with Gasteiger partial charge in [0.25, 0.3) is 0 Å². The van der Waals surface area contributed by atoms with Crippen LogP contribution in [0.5, 0.6) is 0 Å². The molecule has 0 aliphatic heterocycles. The van der Waals surface area contributed by atoms with Crippen molar-refractivity contribution in [2.45, 2.75) is 290 Å². The predicted octanol–water partition coefficient (Wildman–Crippen LogP) is 20.5. The average molecular weight is 1000 g/mol. The zero-order valence-corrected chi connectivity index (χ0v) is 47.2. The van der Waals surface area contributed by atoms with E-state index in [2.05, 4.69) is 118 Å². The van der Waals surface area contributed by atoms with Crippen molar-refractivity contribution in [1.82, 2.24) is 0 Å². The van der Waals surface area contributed by atoms with E-state index in [1.165, 1.54) is 128 Å².